The minimum Gasteiger partial charge on any atom is -0.373 e. The number of nitrogens with zero attached hydrogens (tertiary/aromatic N) is 1. The maximum atomic E-state index is 5.95. The van der Waals surface area contributed by atoms with E-state index < -0.39 is 0 Å². The fourth-order valence-corrected chi connectivity index (χ4v) is 2.74. The second-order valence-corrected chi connectivity index (χ2v) is 6.11. The average Bonchev–Trinajstić information content (AvgIpc) is 2.55. The first kappa shape index (κ1) is 22.1. The van der Waals surface area contributed by atoms with E-state index in [2.05, 4.69) is 57.8 Å². The lowest BCUT2D eigenvalue weighted by Gasteiger charge is -2.28. The zero-order valence-corrected chi connectivity index (χ0v) is 16.6. The minimum absolute atomic E-state index is 0.300. The van der Waals surface area contributed by atoms with Gasteiger partial charge in [-0.1, -0.05) is 64.8 Å². The summed E-state index contributed by atoms with van der Waals surface area (Å²) in [6, 6.07) is 6.78. The van der Waals surface area contributed by atoms with Gasteiger partial charge in [-0.05, 0) is 50.9 Å². The van der Waals surface area contributed by atoms with Crippen LogP contribution >= 0.6 is 0 Å². The monoisotopic (exact) mass is 321 g/mol. The third-order valence-electron chi connectivity index (χ3n) is 3.71. The fourth-order valence-electron chi connectivity index (χ4n) is 2.74. The highest BCUT2D eigenvalue weighted by Crippen LogP contribution is 2.30. The molecular formula is C21H39NO. The van der Waals surface area contributed by atoms with Gasteiger partial charge in [0.1, 0.15) is 0 Å². The summed E-state index contributed by atoms with van der Waals surface area (Å²) in [5.41, 5.74) is 4.26. The second-order valence-electron chi connectivity index (χ2n) is 6.11. The number of hydrogen-bond donors (Lipinski definition) is 0. The van der Waals surface area contributed by atoms with Gasteiger partial charge in [-0.3, -0.25) is 0 Å². The molecule has 0 bridgehead atoms. The Morgan fingerprint density at radius 1 is 1.13 bits per heavy atom. The minimum atomic E-state index is 0.300. The van der Waals surface area contributed by atoms with Gasteiger partial charge in [0.25, 0.3) is 0 Å². The molecule has 0 spiro atoms. The van der Waals surface area contributed by atoms with Crippen molar-refractivity contribution in [2.75, 3.05) is 26.7 Å². The zero-order chi connectivity index (χ0) is 17.7. The third-order valence-corrected chi connectivity index (χ3v) is 3.71. The molecule has 23 heavy (non-hydrogen) atoms. The highest BCUT2D eigenvalue weighted by Gasteiger charge is 2.20. The van der Waals surface area contributed by atoms with Crippen molar-refractivity contribution in [2.24, 2.45) is 0 Å². The highest BCUT2D eigenvalue weighted by molar-refractivity contribution is 5.34. The van der Waals surface area contributed by atoms with Gasteiger partial charge in [0.2, 0.25) is 0 Å². The van der Waals surface area contributed by atoms with E-state index in [-0.39, 0.29) is 0 Å². The molecule has 0 fully saturated rings. The van der Waals surface area contributed by atoms with Crippen molar-refractivity contribution in [1.29, 1.82) is 0 Å². The molecule has 0 aliphatic carbocycles. The zero-order valence-electron chi connectivity index (χ0n) is 16.6. The van der Waals surface area contributed by atoms with Crippen LogP contribution in [-0.2, 0) is 11.2 Å². The molecule has 2 rings (SSSR count). The van der Waals surface area contributed by atoms with Gasteiger partial charge >= 0.3 is 0 Å². The van der Waals surface area contributed by atoms with Gasteiger partial charge < -0.3 is 9.64 Å². The summed E-state index contributed by atoms with van der Waals surface area (Å²) in [4.78, 5) is 2.39. The molecule has 2 nitrogen and oxygen atoms in total. The molecule has 134 valence electrons. The molecule has 1 atom stereocenters. The van der Waals surface area contributed by atoms with Crippen LogP contribution in [0.2, 0.25) is 0 Å². The van der Waals surface area contributed by atoms with Crippen LogP contribution in [0.5, 0.6) is 0 Å². The number of rotatable bonds is 5. The van der Waals surface area contributed by atoms with Crippen molar-refractivity contribution >= 4 is 0 Å². The number of aryl methyl sites for hydroxylation is 1. The van der Waals surface area contributed by atoms with Crippen LogP contribution in [0, 0.1) is 6.92 Å². The number of benzene rings is 1. The summed E-state index contributed by atoms with van der Waals surface area (Å²) < 4.78 is 5.95. The van der Waals surface area contributed by atoms with Crippen molar-refractivity contribution in [2.45, 2.75) is 73.3 Å². The lowest BCUT2D eigenvalue weighted by Crippen LogP contribution is -2.25. The molecule has 1 aromatic carbocycles. The molecule has 0 saturated carbocycles. The van der Waals surface area contributed by atoms with E-state index in [4.69, 9.17) is 4.74 Å². The topological polar surface area (TPSA) is 12.5 Å². The van der Waals surface area contributed by atoms with E-state index >= 15 is 0 Å². The first-order valence-corrected chi connectivity index (χ1v) is 9.51. The molecule has 1 unspecified atom stereocenters. The maximum absolute atomic E-state index is 5.95. The lowest BCUT2D eigenvalue weighted by atomic mass is 9.94. The van der Waals surface area contributed by atoms with E-state index in [1.165, 1.54) is 36.1 Å². The smallest absolute Gasteiger partial charge is 0.0839 e. The van der Waals surface area contributed by atoms with Crippen LogP contribution in [0.3, 0.4) is 0 Å². The molecule has 0 aromatic heterocycles. The van der Waals surface area contributed by atoms with Gasteiger partial charge in [0, 0.05) is 6.54 Å². The van der Waals surface area contributed by atoms with Crippen LogP contribution < -0.4 is 0 Å². The Hall–Kier alpha value is -0.860. The quantitative estimate of drug-likeness (QED) is 0.681. The summed E-state index contributed by atoms with van der Waals surface area (Å²) in [7, 11) is 2.20. The van der Waals surface area contributed by atoms with Crippen LogP contribution in [0.1, 0.15) is 76.7 Å². The Labute approximate surface area is 145 Å². The molecule has 1 heterocycles. The Morgan fingerprint density at radius 3 is 2.39 bits per heavy atom. The van der Waals surface area contributed by atoms with Crippen LogP contribution in [0.25, 0.3) is 0 Å². The SMILES string of the molecule is CC.CCC.CCCN(C)CCC1OCCc2cc(C)ccc21. The van der Waals surface area contributed by atoms with Crippen LogP contribution in [0.4, 0.5) is 0 Å². The molecular weight excluding hydrogens is 282 g/mol. The van der Waals surface area contributed by atoms with E-state index in [9.17, 15) is 0 Å². The Morgan fingerprint density at radius 2 is 1.78 bits per heavy atom. The van der Waals surface area contributed by atoms with E-state index in [1.54, 1.807) is 0 Å². The molecule has 2 heteroatoms. The summed E-state index contributed by atoms with van der Waals surface area (Å²) >= 11 is 0. The maximum Gasteiger partial charge on any atom is 0.0839 e. The van der Waals surface area contributed by atoms with Crippen molar-refractivity contribution in [3.05, 3.63) is 34.9 Å². The number of fused-ring (bicyclic) bond motifs is 1. The molecule has 1 aliphatic heterocycles. The van der Waals surface area contributed by atoms with Gasteiger partial charge in [0.15, 0.2) is 0 Å². The predicted molar refractivity (Wildman–Crippen MR) is 103 cm³/mol. The normalized spacial score (nSPS) is 15.9. The lowest BCUT2D eigenvalue weighted by molar-refractivity contribution is 0.0309. The first-order valence-electron chi connectivity index (χ1n) is 9.51. The molecule has 0 radical (unpaired) electrons. The van der Waals surface area contributed by atoms with E-state index in [1.807, 2.05) is 13.8 Å². The highest BCUT2D eigenvalue weighted by atomic mass is 16.5. The van der Waals surface area contributed by atoms with Crippen LogP contribution in [-0.4, -0.2) is 31.6 Å². The molecule has 0 saturated heterocycles. The third kappa shape index (κ3) is 8.53. The molecule has 0 amide bonds. The summed E-state index contributed by atoms with van der Waals surface area (Å²) in [5.74, 6) is 0. The first-order chi connectivity index (χ1) is 11.1. The predicted octanol–water partition coefficient (Wildman–Crippen LogP) is 5.78. The number of hydrogen-bond acceptors (Lipinski definition) is 2. The number of ether oxygens (including phenoxy) is 1. The van der Waals surface area contributed by atoms with Gasteiger partial charge in [0.05, 0.1) is 12.7 Å². The standard InChI is InChI=1S/C16H25NO.C3H8.C2H6/c1-4-9-17(3)10-7-16-15-6-5-13(2)12-14(15)8-11-18-16;1-3-2;1-2/h5-6,12,16H,4,7-11H2,1-3H3;3H2,1-2H3;1-2H3. The van der Waals surface area contributed by atoms with Gasteiger partial charge in [-0.15, -0.1) is 0 Å². The summed E-state index contributed by atoms with van der Waals surface area (Å²) in [5, 5.41) is 0. The Balaban J connectivity index is 0.000000868. The fraction of sp³-hybridized carbons (Fsp3) is 0.714. The van der Waals surface area contributed by atoms with E-state index in [0.717, 1.165) is 26.0 Å². The van der Waals surface area contributed by atoms with Crippen molar-refractivity contribution < 1.29 is 4.74 Å². The molecule has 1 aliphatic rings. The second kappa shape index (κ2) is 13.6. The molecule has 1 aromatic rings. The average molecular weight is 322 g/mol. The largest absolute Gasteiger partial charge is 0.373 e. The van der Waals surface area contributed by atoms with E-state index in [0.29, 0.717) is 6.10 Å². The van der Waals surface area contributed by atoms with Gasteiger partial charge in [-0.2, -0.15) is 0 Å². The summed E-state index contributed by atoms with van der Waals surface area (Å²) in [6.07, 6.45) is 4.94. The Bertz CT molecular complexity index is 403. The summed E-state index contributed by atoms with van der Waals surface area (Å²) in [6.45, 7) is 15.8. The van der Waals surface area contributed by atoms with Crippen molar-refractivity contribution in [1.82, 2.24) is 4.90 Å². The Kier molecular flexibility index (Phi) is 13.1. The van der Waals surface area contributed by atoms with Gasteiger partial charge in [-0.25, -0.2) is 0 Å². The van der Waals surface area contributed by atoms with Crippen LogP contribution in [0.15, 0.2) is 18.2 Å². The van der Waals surface area contributed by atoms with Crippen molar-refractivity contribution in [3.63, 3.8) is 0 Å². The molecule has 0 N–H and O–H groups in total. The van der Waals surface area contributed by atoms with Crippen molar-refractivity contribution in [3.8, 4) is 0 Å².